The van der Waals surface area contributed by atoms with Crippen molar-refractivity contribution in [2.75, 3.05) is 12.4 Å². The molecule has 0 radical (unpaired) electrons. The summed E-state index contributed by atoms with van der Waals surface area (Å²) in [4.78, 5) is 24.4. The van der Waals surface area contributed by atoms with E-state index < -0.39 is 12.1 Å². The molecule has 4 N–H and O–H groups in total. The Bertz CT molecular complexity index is 999. The standard InChI is InChI=1S/C19H19N5O2S2/c1-20-16(25)15(21-17(26)22-18-23-24-19(27)28-18)11-12-7-9-14(10-8-12)13-5-3-2-4-6-13/h2-10,15H,11H2,1H3,(H,20,25)(H,24,27)(H2,21,22,23,26)/t15-/m0/s1. The van der Waals surface area contributed by atoms with Gasteiger partial charge in [-0.05, 0) is 28.9 Å². The van der Waals surface area contributed by atoms with Crippen molar-refractivity contribution in [2.45, 2.75) is 12.5 Å². The molecule has 144 valence electrons. The second-order valence-corrected chi connectivity index (χ2v) is 7.62. The van der Waals surface area contributed by atoms with Crippen LogP contribution in [-0.2, 0) is 11.2 Å². The van der Waals surface area contributed by atoms with Crippen LogP contribution in [0.25, 0.3) is 11.1 Å². The number of anilines is 1. The number of nitrogens with zero attached hydrogens (tertiary/aromatic N) is 1. The van der Waals surface area contributed by atoms with E-state index in [1.165, 1.54) is 7.05 Å². The number of aromatic nitrogens is 2. The summed E-state index contributed by atoms with van der Waals surface area (Å²) in [6, 6.07) is 16.7. The fourth-order valence-corrected chi connectivity index (χ4v) is 3.44. The molecule has 0 aliphatic rings. The maximum Gasteiger partial charge on any atom is 0.321 e. The fourth-order valence-electron chi connectivity index (χ4n) is 2.66. The van der Waals surface area contributed by atoms with Gasteiger partial charge in [-0.15, -0.1) is 5.10 Å². The summed E-state index contributed by atoms with van der Waals surface area (Å²) in [5.41, 5.74) is 3.14. The van der Waals surface area contributed by atoms with Crippen molar-refractivity contribution < 1.29 is 9.59 Å². The lowest BCUT2D eigenvalue weighted by Crippen LogP contribution is -2.48. The largest absolute Gasteiger partial charge is 0.357 e. The third kappa shape index (κ3) is 5.24. The van der Waals surface area contributed by atoms with Gasteiger partial charge in [-0.2, -0.15) is 0 Å². The van der Waals surface area contributed by atoms with Crippen molar-refractivity contribution >= 4 is 40.6 Å². The van der Waals surface area contributed by atoms with Crippen molar-refractivity contribution in [3.8, 4) is 11.1 Å². The molecule has 0 aliphatic carbocycles. The van der Waals surface area contributed by atoms with Gasteiger partial charge in [0.2, 0.25) is 11.0 Å². The van der Waals surface area contributed by atoms with Crippen LogP contribution in [0.4, 0.5) is 9.93 Å². The first-order valence-corrected chi connectivity index (χ1v) is 9.76. The second-order valence-electron chi connectivity index (χ2n) is 5.95. The van der Waals surface area contributed by atoms with Gasteiger partial charge in [0.15, 0.2) is 3.95 Å². The smallest absolute Gasteiger partial charge is 0.321 e. The van der Waals surface area contributed by atoms with E-state index in [2.05, 4.69) is 26.1 Å². The molecule has 9 heteroatoms. The zero-order valence-corrected chi connectivity index (χ0v) is 16.7. The SMILES string of the molecule is CNC(=O)[C@H](Cc1ccc(-c2ccccc2)cc1)NC(=O)Nc1n[nH]c(=S)s1. The summed E-state index contributed by atoms with van der Waals surface area (Å²) in [6.45, 7) is 0. The number of nitrogens with one attached hydrogen (secondary N) is 4. The third-order valence-corrected chi connectivity index (χ3v) is 5.03. The number of likely N-dealkylation sites (N-methyl/N-ethyl adjacent to an activating group) is 1. The quantitative estimate of drug-likeness (QED) is 0.466. The van der Waals surface area contributed by atoms with Crippen molar-refractivity contribution in [1.29, 1.82) is 0 Å². The molecule has 3 rings (SSSR count). The highest BCUT2D eigenvalue weighted by molar-refractivity contribution is 7.73. The normalized spacial score (nSPS) is 11.5. The van der Waals surface area contributed by atoms with Crippen LogP contribution in [0.2, 0.25) is 0 Å². The summed E-state index contributed by atoms with van der Waals surface area (Å²) in [7, 11) is 1.53. The number of rotatable bonds is 6. The van der Waals surface area contributed by atoms with Crippen LogP contribution < -0.4 is 16.0 Å². The number of urea groups is 1. The minimum atomic E-state index is -0.723. The fraction of sp³-hybridized carbons (Fsp3) is 0.158. The molecule has 1 atom stereocenters. The van der Waals surface area contributed by atoms with Gasteiger partial charge in [-0.1, -0.05) is 65.9 Å². The number of hydrogen-bond donors (Lipinski definition) is 4. The van der Waals surface area contributed by atoms with Gasteiger partial charge in [0, 0.05) is 13.5 Å². The minimum Gasteiger partial charge on any atom is -0.357 e. The topological polar surface area (TPSA) is 98.9 Å². The summed E-state index contributed by atoms with van der Waals surface area (Å²) in [5.74, 6) is -0.281. The maximum absolute atomic E-state index is 12.2. The molecular formula is C19H19N5O2S2. The lowest BCUT2D eigenvalue weighted by molar-refractivity contribution is -0.122. The van der Waals surface area contributed by atoms with Gasteiger partial charge in [-0.3, -0.25) is 15.2 Å². The maximum atomic E-state index is 12.2. The molecule has 0 spiro atoms. The molecule has 0 aliphatic heterocycles. The van der Waals surface area contributed by atoms with Crippen LogP contribution in [-0.4, -0.2) is 35.2 Å². The van der Waals surface area contributed by atoms with Gasteiger partial charge in [0.25, 0.3) is 0 Å². The number of amides is 3. The Morgan fingerprint density at radius 2 is 1.79 bits per heavy atom. The van der Waals surface area contributed by atoms with E-state index in [-0.39, 0.29) is 5.91 Å². The number of carbonyl (C=O) groups excluding carboxylic acids is 2. The van der Waals surface area contributed by atoms with Crippen LogP contribution >= 0.6 is 23.6 Å². The van der Waals surface area contributed by atoms with E-state index in [1.54, 1.807) is 0 Å². The van der Waals surface area contributed by atoms with Crippen LogP contribution in [0.1, 0.15) is 5.56 Å². The first-order chi connectivity index (χ1) is 13.5. The summed E-state index contributed by atoms with van der Waals surface area (Å²) in [6.07, 6.45) is 0.360. The molecule has 0 fully saturated rings. The molecule has 1 heterocycles. The minimum absolute atomic E-state index is 0.281. The van der Waals surface area contributed by atoms with Gasteiger partial charge in [0.05, 0.1) is 0 Å². The average molecular weight is 414 g/mol. The van der Waals surface area contributed by atoms with E-state index in [0.29, 0.717) is 15.5 Å². The number of H-pyrrole nitrogens is 1. The van der Waals surface area contributed by atoms with Crippen LogP contribution in [0.15, 0.2) is 54.6 Å². The highest BCUT2D eigenvalue weighted by Gasteiger charge is 2.20. The Morgan fingerprint density at radius 1 is 1.11 bits per heavy atom. The van der Waals surface area contributed by atoms with E-state index >= 15 is 0 Å². The molecule has 28 heavy (non-hydrogen) atoms. The van der Waals surface area contributed by atoms with Crippen molar-refractivity contribution in [3.63, 3.8) is 0 Å². The monoisotopic (exact) mass is 413 g/mol. The third-order valence-electron chi connectivity index (χ3n) is 4.03. The Labute approximate surface area is 171 Å². The number of carbonyl (C=O) groups is 2. The molecule has 0 bridgehead atoms. The summed E-state index contributed by atoms with van der Waals surface area (Å²) < 4.78 is 0.455. The van der Waals surface area contributed by atoms with E-state index in [9.17, 15) is 9.59 Å². The molecule has 2 aromatic carbocycles. The van der Waals surface area contributed by atoms with Gasteiger partial charge < -0.3 is 10.6 Å². The number of hydrogen-bond acceptors (Lipinski definition) is 5. The summed E-state index contributed by atoms with van der Waals surface area (Å²) >= 11 is 6.07. The Hall–Kier alpha value is -3.04. The first kappa shape index (κ1) is 19.7. The highest BCUT2D eigenvalue weighted by Crippen LogP contribution is 2.20. The highest BCUT2D eigenvalue weighted by atomic mass is 32.1. The predicted molar refractivity (Wildman–Crippen MR) is 113 cm³/mol. The molecule has 0 unspecified atom stereocenters. The molecular weight excluding hydrogens is 394 g/mol. The van der Waals surface area contributed by atoms with Crippen LogP contribution in [0.3, 0.4) is 0 Å². The molecule has 3 aromatic rings. The Kier molecular flexibility index (Phi) is 6.51. The van der Waals surface area contributed by atoms with Crippen molar-refractivity contribution in [1.82, 2.24) is 20.8 Å². The number of aromatic amines is 1. The van der Waals surface area contributed by atoms with Gasteiger partial charge >= 0.3 is 6.03 Å². The molecule has 0 saturated heterocycles. The summed E-state index contributed by atoms with van der Waals surface area (Å²) in [5, 5.41) is 14.6. The molecule has 3 amide bonds. The molecule has 1 aromatic heterocycles. The van der Waals surface area contributed by atoms with Crippen LogP contribution in [0.5, 0.6) is 0 Å². The predicted octanol–water partition coefficient (Wildman–Crippen LogP) is 3.35. The van der Waals surface area contributed by atoms with E-state index in [1.807, 2.05) is 54.6 Å². The molecule has 7 nitrogen and oxygen atoms in total. The zero-order chi connectivity index (χ0) is 19.9. The number of benzene rings is 2. The average Bonchev–Trinajstić information content (AvgIpc) is 3.12. The lowest BCUT2D eigenvalue weighted by Gasteiger charge is -2.17. The second kappa shape index (κ2) is 9.25. The van der Waals surface area contributed by atoms with Gasteiger partial charge in [-0.25, -0.2) is 4.79 Å². The molecule has 0 saturated carbocycles. The van der Waals surface area contributed by atoms with Crippen LogP contribution in [0, 0.1) is 3.95 Å². The zero-order valence-electron chi connectivity index (χ0n) is 15.1. The van der Waals surface area contributed by atoms with Crippen molar-refractivity contribution in [2.24, 2.45) is 0 Å². The van der Waals surface area contributed by atoms with E-state index in [4.69, 9.17) is 12.2 Å². The van der Waals surface area contributed by atoms with Gasteiger partial charge in [0.1, 0.15) is 6.04 Å². The lowest BCUT2D eigenvalue weighted by atomic mass is 10.0. The van der Waals surface area contributed by atoms with E-state index in [0.717, 1.165) is 28.0 Å². The Balaban J connectivity index is 1.67. The first-order valence-electron chi connectivity index (χ1n) is 8.54. The van der Waals surface area contributed by atoms with Crippen molar-refractivity contribution in [3.05, 3.63) is 64.1 Å². The Morgan fingerprint density at radius 3 is 2.39 bits per heavy atom.